The summed E-state index contributed by atoms with van der Waals surface area (Å²) in [5, 5.41) is 22.6. The van der Waals surface area contributed by atoms with Crippen molar-refractivity contribution >= 4 is 0 Å². The molecule has 2 N–H and O–H groups in total. The molecule has 0 bridgehead atoms. The Morgan fingerprint density at radius 3 is 2.17 bits per heavy atom. The van der Waals surface area contributed by atoms with E-state index < -0.39 is 11.7 Å². The summed E-state index contributed by atoms with van der Waals surface area (Å²) in [6.45, 7) is 2.68. The Labute approximate surface area is 140 Å². The molecule has 2 unspecified atom stereocenters. The molecule has 1 saturated carbocycles. The molecule has 0 radical (unpaired) electrons. The van der Waals surface area contributed by atoms with Crippen molar-refractivity contribution in [2.24, 2.45) is 5.92 Å². The first-order valence-electron chi connectivity index (χ1n) is 9.39. The molecule has 1 aliphatic carbocycles. The summed E-state index contributed by atoms with van der Waals surface area (Å²) in [4.78, 5) is 2.35. The minimum atomic E-state index is -1.11. The van der Waals surface area contributed by atoms with E-state index in [2.05, 4.69) is 4.90 Å². The SMILES string of the molecule is OC(CN1CCCCCC1)C(O)(c1ccccc1)C1CCCC1. The first-order chi connectivity index (χ1) is 11.2. The molecule has 3 rings (SSSR count). The van der Waals surface area contributed by atoms with Crippen LogP contribution in [0.3, 0.4) is 0 Å². The number of hydrogen-bond donors (Lipinski definition) is 2. The van der Waals surface area contributed by atoms with Gasteiger partial charge in [0.25, 0.3) is 0 Å². The molecule has 0 aromatic heterocycles. The second kappa shape index (κ2) is 7.78. The van der Waals surface area contributed by atoms with Crippen LogP contribution >= 0.6 is 0 Å². The van der Waals surface area contributed by atoms with Gasteiger partial charge in [0, 0.05) is 6.54 Å². The lowest BCUT2D eigenvalue weighted by molar-refractivity contribution is -0.128. The smallest absolute Gasteiger partial charge is 0.119 e. The summed E-state index contributed by atoms with van der Waals surface area (Å²) < 4.78 is 0. The first kappa shape index (κ1) is 16.9. The van der Waals surface area contributed by atoms with E-state index in [4.69, 9.17) is 0 Å². The highest BCUT2D eigenvalue weighted by molar-refractivity contribution is 5.25. The van der Waals surface area contributed by atoms with Crippen LogP contribution in [0.4, 0.5) is 0 Å². The molecule has 1 aliphatic heterocycles. The van der Waals surface area contributed by atoms with Crippen LogP contribution in [0, 0.1) is 5.92 Å². The van der Waals surface area contributed by atoms with Gasteiger partial charge < -0.3 is 15.1 Å². The largest absolute Gasteiger partial charge is 0.388 e. The van der Waals surface area contributed by atoms with E-state index in [0.717, 1.165) is 44.3 Å². The average molecular weight is 317 g/mol. The van der Waals surface area contributed by atoms with Crippen LogP contribution in [-0.4, -0.2) is 40.9 Å². The standard InChI is InChI=1S/C20H31NO2/c22-19(16-21-14-8-1-2-9-15-21)20(23,18-12-6-7-13-18)17-10-4-3-5-11-17/h3-5,10-11,18-19,22-23H,1-2,6-9,12-16H2. The number of nitrogens with zero attached hydrogens (tertiary/aromatic N) is 1. The Bertz CT molecular complexity index is 464. The van der Waals surface area contributed by atoms with Crippen molar-refractivity contribution in [3.63, 3.8) is 0 Å². The van der Waals surface area contributed by atoms with Crippen molar-refractivity contribution in [2.75, 3.05) is 19.6 Å². The summed E-state index contributed by atoms with van der Waals surface area (Å²) in [6, 6.07) is 9.86. The third kappa shape index (κ3) is 3.78. The fourth-order valence-electron chi connectivity index (χ4n) is 4.47. The first-order valence-corrected chi connectivity index (χ1v) is 9.39. The second-order valence-electron chi connectivity index (χ2n) is 7.40. The van der Waals surface area contributed by atoms with Crippen molar-refractivity contribution in [1.29, 1.82) is 0 Å². The summed E-state index contributed by atoms with van der Waals surface area (Å²) in [5.41, 5.74) is -0.224. The van der Waals surface area contributed by atoms with Crippen molar-refractivity contribution in [3.8, 4) is 0 Å². The molecule has 0 amide bonds. The predicted octanol–water partition coefficient (Wildman–Crippen LogP) is 3.30. The van der Waals surface area contributed by atoms with Crippen LogP contribution < -0.4 is 0 Å². The monoisotopic (exact) mass is 317 g/mol. The van der Waals surface area contributed by atoms with E-state index in [0.29, 0.717) is 6.54 Å². The maximum absolute atomic E-state index is 11.6. The van der Waals surface area contributed by atoms with E-state index >= 15 is 0 Å². The fraction of sp³-hybridized carbons (Fsp3) is 0.700. The molecule has 0 spiro atoms. The number of rotatable bonds is 5. The molecule has 23 heavy (non-hydrogen) atoms. The van der Waals surface area contributed by atoms with Gasteiger partial charge in [0.15, 0.2) is 0 Å². The van der Waals surface area contributed by atoms with Crippen molar-refractivity contribution in [3.05, 3.63) is 35.9 Å². The zero-order valence-electron chi connectivity index (χ0n) is 14.2. The maximum Gasteiger partial charge on any atom is 0.119 e. The van der Waals surface area contributed by atoms with Crippen molar-refractivity contribution in [1.82, 2.24) is 4.90 Å². The van der Waals surface area contributed by atoms with Crippen LogP contribution in [0.15, 0.2) is 30.3 Å². The molecule has 2 aliphatic rings. The van der Waals surface area contributed by atoms with E-state index in [1.807, 2.05) is 30.3 Å². The summed E-state index contributed by atoms with van der Waals surface area (Å²) in [7, 11) is 0. The Kier molecular flexibility index (Phi) is 5.73. The van der Waals surface area contributed by atoms with Crippen LogP contribution in [0.1, 0.15) is 56.9 Å². The lowest BCUT2D eigenvalue weighted by Gasteiger charge is -2.40. The lowest BCUT2D eigenvalue weighted by atomic mass is 9.76. The highest BCUT2D eigenvalue weighted by atomic mass is 16.3. The Morgan fingerprint density at radius 2 is 1.57 bits per heavy atom. The number of hydrogen-bond acceptors (Lipinski definition) is 3. The number of β-amino-alcohol motifs (C(OH)–C–C–N with tert-alkyl or cyclic N) is 1. The summed E-state index contributed by atoms with van der Waals surface area (Å²) in [5.74, 6) is 0.173. The molecule has 128 valence electrons. The van der Waals surface area contributed by atoms with E-state index in [1.165, 1.54) is 25.7 Å². The molecular formula is C20H31NO2. The minimum Gasteiger partial charge on any atom is -0.388 e. The third-order valence-corrected chi connectivity index (χ3v) is 5.85. The van der Waals surface area contributed by atoms with E-state index in [9.17, 15) is 10.2 Å². The number of benzene rings is 1. The zero-order valence-corrected chi connectivity index (χ0v) is 14.2. The van der Waals surface area contributed by atoms with E-state index in [1.54, 1.807) is 0 Å². The van der Waals surface area contributed by atoms with Crippen LogP contribution in [0.5, 0.6) is 0 Å². The number of aliphatic hydroxyl groups excluding tert-OH is 1. The molecule has 1 saturated heterocycles. The molecule has 3 nitrogen and oxygen atoms in total. The van der Waals surface area contributed by atoms with Gasteiger partial charge in [0.05, 0.1) is 6.10 Å². The lowest BCUT2D eigenvalue weighted by Crippen LogP contribution is -2.50. The third-order valence-electron chi connectivity index (χ3n) is 5.85. The van der Waals surface area contributed by atoms with Gasteiger partial charge in [-0.3, -0.25) is 0 Å². The molecule has 1 aromatic rings. The maximum atomic E-state index is 11.6. The van der Waals surface area contributed by atoms with Crippen LogP contribution in [0.25, 0.3) is 0 Å². The highest BCUT2D eigenvalue weighted by Gasteiger charge is 2.46. The van der Waals surface area contributed by atoms with Gasteiger partial charge in [0.1, 0.15) is 5.60 Å². The molecule has 1 aromatic carbocycles. The molecule has 1 heterocycles. The minimum absolute atomic E-state index is 0.173. The topological polar surface area (TPSA) is 43.7 Å². The predicted molar refractivity (Wildman–Crippen MR) is 93.2 cm³/mol. The second-order valence-corrected chi connectivity index (χ2v) is 7.40. The van der Waals surface area contributed by atoms with Gasteiger partial charge in [-0.05, 0) is 50.3 Å². The zero-order chi connectivity index (χ0) is 16.1. The number of aliphatic hydroxyl groups is 2. The van der Waals surface area contributed by atoms with Gasteiger partial charge >= 0.3 is 0 Å². The number of likely N-dealkylation sites (tertiary alicyclic amines) is 1. The molecule has 2 fully saturated rings. The molecular weight excluding hydrogens is 286 g/mol. The van der Waals surface area contributed by atoms with Crippen molar-refractivity contribution < 1.29 is 10.2 Å². The summed E-state index contributed by atoms with van der Waals surface area (Å²) in [6.07, 6.45) is 8.64. The van der Waals surface area contributed by atoms with Gasteiger partial charge in [-0.2, -0.15) is 0 Å². The fourth-order valence-corrected chi connectivity index (χ4v) is 4.47. The quantitative estimate of drug-likeness (QED) is 0.876. The van der Waals surface area contributed by atoms with E-state index in [-0.39, 0.29) is 5.92 Å². The molecule has 3 heteroatoms. The van der Waals surface area contributed by atoms with Crippen LogP contribution in [-0.2, 0) is 5.60 Å². The summed E-state index contributed by atoms with van der Waals surface area (Å²) >= 11 is 0. The Balaban J connectivity index is 1.79. The normalized spacial score (nSPS) is 25.0. The molecule has 2 atom stereocenters. The Hall–Kier alpha value is -0.900. The van der Waals surface area contributed by atoms with Gasteiger partial charge in [-0.1, -0.05) is 56.0 Å². The highest BCUT2D eigenvalue weighted by Crippen LogP contribution is 2.43. The van der Waals surface area contributed by atoms with Crippen molar-refractivity contribution in [2.45, 2.75) is 63.1 Å². The van der Waals surface area contributed by atoms with Crippen LogP contribution in [0.2, 0.25) is 0 Å². The average Bonchev–Trinajstić information content (AvgIpc) is 3.01. The Morgan fingerprint density at radius 1 is 0.957 bits per heavy atom. The van der Waals surface area contributed by atoms with Gasteiger partial charge in [-0.15, -0.1) is 0 Å². The van der Waals surface area contributed by atoms with Gasteiger partial charge in [0.2, 0.25) is 0 Å². The van der Waals surface area contributed by atoms with Gasteiger partial charge in [-0.25, -0.2) is 0 Å².